The van der Waals surface area contributed by atoms with Crippen LogP contribution in [0.3, 0.4) is 0 Å². The van der Waals surface area contributed by atoms with Crippen molar-refractivity contribution in [2.24, 2.45) is 0 Å². The molecule has 3 amide bonds. The van der Waals surface area contributed by atoms with Crippen molar-refractivity contribution in [3.8, 4) is 0 Å². The van der Waals surface area contributed by atoms with E-state index >= 15 is 0 Å². The number of hydrogen-bond donors (Lipinski definition) is 2. The zero-order valence-electron chi connectivity index (χ0n) is 12.9. The number of hydrogen-bond acceptors (Lipinski definition) is 2. The van der Waals surface area contributed by atoms with Crippen molar-refractivity contribution < 1.29 is 14.0 Å². The van der Waals surface area contributed by atoms with Crippen LogP contribution in [0.25, 0.3) is 0 Å². The molecule has 0 spiro atoms. The quantitative estimate of drug-likeness (QED) is 0.885. The molecule has 0 radical (unpaired) electrons. The minimum absolute atomic E-state index is 0.144. The van der Waals surface area contributed by atoms with Gasteiger partial charge in [-0.15, -0.1) is 0 Å². The molecule has 1 saturated carbocycles. The standard InChI is InChI=1S/C16H19ClFN3O2/c1-10-14(22)19-6-7-21(10)15(23)20-9-16(4-5-16)12-3-2-11(18)8-13(12)17/h2-3,8,10H,4-7,9H2,1H3,(H,19,22)(H,20,23). The molecule has 1 aromatic carbocycles. The van der Waals surface area contributed by atoms with E-state index in [-0.39, 0.29) is 23.2 Å². The fourth-order valence-corrected chi connectivity index (χ4v) is 3.39. The van der Waals surface area contributed by atoms with Crippen molar-refractivity contribution in [2.75, 3.05) is 19.6 Å². The highest BCUT2D eigenvalue weighted by Crippen LogP contribution is 2.50. The summed E-state index contributed by atoms with van der Waals surface area (Å²) in [5, 5.41) is 6.02. The third kappa shape index (κ3) is 3.13. The summed E-state index contributed by atoms with van der Waals surface area (Å²) in [6.07, 6.45) is 1.79. The molecule has 1 saturated heterocycles. The summed E-state index contributed by atoms with van der Waals surface area (Å²) in [6.45, 7) is 3.09. The second-order valence-electron chi connectivity index (χ2n) is 6.22. The number of nitrogens with zero attached hydrogens (tertiary/aromatic N) is 1. The third-order valence-corrected chi connectivity index (χ3v) is 5.01. The Labute approximate surface area is 139 Å². The average molecular weight is 340 g/mol. The lowest BCUT2D eigenvalue weighted by molar-refractivity contribution is -0.126. The molecule has 7 heteroatoms. The molecular formula is C16H19ClFN3O2. The van der Waals surface area contributed by atoms with Crippen molar-refractivity contribution in [1.29, 1.82) is 0 Å². The summed E-state index contributed by atoms with van der Waals surface area (Å²) in [5.41, 5.74) is 0.646. The first kappa shape index (κ1) is 16.1. The molecule has 2 aliphatic rings. The smallest absolute Gasteiger partial charge is 0.318 e. The van der Waals surface area contributed by atoms with E-state index in [0.29, 0.717) is 24.7 Å². The Kier molecular flexibility index (Phi) is 4.19. The summed E-state index contributed by atoms with van der Waals surface area (Å²) in [6, 6.07) is 3.65. The SMILES string of the molecule is CC1C(=O)NCCN1C(=O)NCC1(c2ccc(F)cc2Cl)CC1. The second-order valence-corrected chi connectivity index (χ2v) is 6.63. The van der Waals surface area contributed by atoms with E-state index in [0.717, 1.165) is 18.4 Å². The van der Waals surface area contributed by atoms with Gasteiger partial charge in [-0.1, -0.05) is 17.7 Å². The minimum Gasteiger partial charge on any atom is -0.353 e. The normalized spacial score (nSPS) is 22.5. The van der Waals surface area contributed by atoms with Crippen LogP contribution in [0.2, 0.25) is 5.02 Å². The molecule has 0 bridgehead atoms. The Bertz CT molecular complexity index is 648. The van der Waals surface area contributed by atoms with E-state index in [4.69, 9.17) is 11.6 Å². The fraction of sp³-hybridized carbons (Fsp3) is 0.500. The van der Waals surface area contributed by atoms with Crippen LogP contribution in [-0.4, -0.2) is 42.5 Å². The van der Waals surface area contributed by atoms with Crippen LogP contribution in [0.5, 0.6) is 0 Å². The van der Waals surface area contributed by atoms with Crippen LogP contribution in [0, 0.1) is 5.82 Å². The molecule has 1 atom stereocenters. The molecule has 1 heterocycles. The molecule has 1 aliphatic heterocycles. The molecule has 3 rings (SSSR count). The lowest BCUT2D eigenvalue weighted by atomic mass is 9.96. The lowest BCUT2D eigenvalue weighted by Crippen LogP contribution is -2.58. The predicted molar refractivity (Wildman–Crippen MR) is 84.9 cm³/mol. The van der Waals surface area contributed by atoms with Crippen LogP contribution in [-0.2, 0) is 10.2 Å². The molecule has 2 N–H and O–H groups in total. The first-order valence-corrected chi connectivity index (χ1v) is 8.08. The van der Waals surface area contributed by atoms with Gasteiger partial charge in [0.1, 0.15) is 11.9 Å². The molecular weight excluding hydrogens is 321 g/mol. The number of rotatable bonds is 3. The minimum atomic E-state index is -0.478. The zero-order valence-corrected chi connectivity index (χ0v) is 13.6. The highest BCUT2D eigenvalue weighted by Gasteiger charge is 2.46. The number of benzene rings is 1. The van der Waals surface area contributed by atoms with Crippen LogP contribution in [0.1, 0.15) is 25.3 Å². The number of nitrogens with one attached hydrogen (secondary N) is 2. The molecule has 0 aromatic heterocycles. The molecule has 124 valence electrons. The second kappa shape index (κ2) is 6.00. The Balaban J connectivity index is 1.65. The molecule has 23 heavy (non-hydrogen) atoms. The Hall–Kier alpha value is -1.82. The van der Waals surface area contributed by atoms with E-state index in [1.54, 1.807) is 13.0 Å². The van der Waals surface area contributed by atoms with Gasteiger partial charge in [-0.25, -0.2) is 9.18 Å². The van der Waals surface area contributed by atoms with E-state index < -0.39 is 6.04 Å². The predicted octanol–water partition coefficient (Wildman–Crippen LogP) is 2.04. The number of urea groups is 1. The monoisotopic (exact) mass is 339 g/mol. The van der Waals surface area contributed by atoms with Gasteiger partial charge in [-0.3, -0.25) is 4.79 Å². The van der Waals surface area contributed by atoms with E-state index in [9.17, 15) is 14.0 Å². The number of amides is 3. The van der Waals surface area contributed by atoms with Gasteiger partial charge in [0, 0.05) is 30.1 Å². The largest absolute Gasteiger partial charge is 0.353 e. The molecule has 1 aliphatic carbocycles. The number of carbonyl (C=O) groups is 2. The molecule has 1 aromatic rings. The molecule has 1 unspecified atom stereocenters. The Morgan fingerprint density at radius 2 is 2.26 bits per heavy atom. The van der Waals surface area contributed by atoms with Gasteiger partial charge in [0.15, 0.2) is 0 Å². The summed E-state index contributed by atoms with van der Waals surface area (Å²) >= 11 is 6.14. The molecule has 5 nitrogen and oxygen atoms in total. The topological polar surface area (TPSA) is 61.4 Å². The fourth-order valence-electron chi connectivity index (χ4n) is 3.02. The molecule has 2 fully saturated rings. The summed E-state index contributed by atoms with van der Waals surface area (Å²) < 4.78 is 13.2. The maximum atomic E-state index is 13.2. The van der Waals surface area contributed by atoms with Gasteiger partial charge in [-0.2, -0.15) is 0 Å². The van der Waals surface area contributed by atoms with Crippen LogP contribution >= 0.6 is 11.6 Å². The summed E-state index contributed by atoms with van der Waals surface area (Å²) in [7, 11) is 0. The first-order chi connectivity index (χ1) is 10.9. The zero-order chi connectivity index (χ0) is 16.6. The van der Waals surface area contributed by atoms with E-state index in [1.165, 1.54) is 17.0 Å². The van der Waals surface area contributed by atoms with E-state index in [1.807, 2.05) is 0 Å². The van der Waals surface area contributed by atoms with Gasteiger partial charge in [0.25, 0.3) is 0 Å². The number of halogens is 2. The Morgan fingerprint density at radius 1 is 1.52 bits per heavy atom. The lowest BCUT2D eigenvalue weighted by Gasteiger charge is -2.33. The van der Waals surface area contributed by atoms with Crippen LogP contribution in [0.15, 0.2) is 18.2 Å². The highest BCUT2D eigenvalue weighted by atomic mass is 35.5. The number of carbonyl (C=O) groups excluding carboxylic acids is 2. The maximum absolute atomic E-state index is 13.2. The Morgan fingerprint density at radius 3 is 2.91 bits per heavy atom. The van der Waals surface area contributed by atoms with Gasteiger partial charge in [-0.05, 0) is 37.5 Å². The summed E-state index contributed by atoms with van der Waals surface area (Å²) in [5.74, 6) is -0.513. The van der Waals surface area contributed by atoms with Crippen molar-refractivity contribution >= 4 is 23.5 Å². The van der Waals surface area contributed by atoms with Crippen LogP contribution < -0.4 is 10.6 Å². The van der Waals surface area contributed by atoms with Gasteiger partial charge < -0.3 is 15.5 Å². The van der Waals surface area contributed by atoms with Crippen molar-refractivity contribution in [3.63, 3.8) is 0 Å². The highest BCUT2D eigenvalue weighted by molar-refractivity contribution is 6.31. The third-order valence-electron chi connectivity index (χ3n) is 4.69. The average Bonchev–Trinajstić information content (AvgIpc) is 3.28. The van der Waals surface area contributed by atoms with Crippen molar-refractivity contribution in [2.45, 2.75) is 31.2 Å². The number of piperazine rings is 1. The maximum Gasteiger partial charge on any atom is 0.318 e. The van der Waals surface area contributed by atoms with Crippen molar-refractivity contribution in [3.05, 3.63) is 34.6 Å². The van der Waals surface area contributed by atoms with E-state index in [2.05, 4.69) is 10.6 Å². The van der Waals surface area contributed by atoms with Gasteiger partial charge in [0.05, 0.1) is 0 Å². The first-order valence-electron chi connectivity index (χ1n) is 7.71. The van der Waals surface area contributed by atoms with Gasteiger partial charge in [0.2, 0.25) is 5.91 Å². The van der Waals surface area contributed by atoms with Gasteiger partial charge >= 0.3 is 6.03 Å². The van der Waals surface area contributed by atoms with Crippen LogP contribution in [0.4, 0.5) is 9.18 Å². The van der Waals surface area contributed by atoms with Crippen molar-refractivity contribution in [1.82, 2.24) is 15.5 Å². The summed E-state index contributed by atoms with van der Waals surface area (Å²) in [4.78, 5) is 25.5.